The van der Waals surface area contributed by atoms with Crippen LogP contribution in [0.25, 0.3) is 0 Å². The SMILES string of the molecule is CCOc1nc(N2CCOCC2)cc(C)c1C(=O)NCCCC(C)(C)C. The fourth-order valence-electron chi connectivity index (χ4n) is 3.01. The van der Waals surface area contributed by atoms with Gasteiger partial charge in [-0.1, -0.05) is 20.8 Å². The van der Waals surface area contributed by atoms with E-state index in [0.717, 1.165) is 37.3 Å². The van der Waals surface area contributed by atoms with Gasteiger partial charge in [0.15, 0.2) is 0 Å². The van der Waals surface area contributed by atoms with Crippen LogP contribution < -0.4 is 15.0 Å². The Morgan fingerprint density at radius 3 is 2.65 bits per heavy atom. The molecule has 1 aromatic heterocycles. The van der Waals surface area contributed by atoms with Gasteiger partial charge in [0.2, 0.25) is 5.88 Å². The topological polar surface area (TPSA) is 63.7 Å². The van der Waals surface area contributed by atoms with Crippen molar-refractivity contribution in [3.63, 3.8) is 0 Å². The second-order valence-corrected chi connectivity index (χ2v) is 7.93. The predicted molar refractivity (Wildman–Crippen MR) is 104 cm³/mol. The molecule has 1 saturated heterocycles. The highest BCUT2D eigenvalue weighted by molar-refractivity contribution is 5.98. The monoisotopic (exact) mass is 363 g/mol. The van der Waals surface area contributed by atoms with Crippen molar-refractivity contribution in [3.8, 4) is 5.88 Å². The van der Waals surface area contributed by atoms with Crippen molar-refractivity contribution >= 4 is 11.7 Å². The molecule has 1 N–H and O–H groups in total. The summed E-state index contributed by atoms with van der Waals surface area (Å²) in [4.78, 5) is 19.5. The molecule has 0 aromatic carbocycles. The number of carbonyl (C=O) groups excluding carboxylic acids is 1. The number of nitrogens with zero attached hydrogens (tertiary/aromatic N) is 2. The predicted octanol–water partition coefficient (Wildman–Crippen LogP) is 3.18. The molecule has 0 saturated carbocycles. The first kappa shape index (κ1) is 20.5. The third-order valence-corrected chi connectivity index (χ3v) is 4.40. The molecule has 1 fully saturated rings. The second-order valence-electron chi connectivity index (χ2n) is 7.93. The Bertz CT molecular complexity index is 605. The molecule has 6 nitrogen and oxygen atoms in total. The number of morpholine rings is 1. The van der Waals surface area contributed by atoms with E-state index in [9.17, 15) is 4.79 Å². The quantitative estimate of drug-likeness (QED) is 0.754. The lowest BCUT2D eigenvalue weighted by atomic mass is 9.91. The number of amides is 1. The Morgan fingerprint density at radius 2 is 2.04 bits per heavy atom. The smallest absolute Gasteiger partial charge is 0.257 e. The second kappa shape index (κ2) is 9.21. The number of rotatable bonds is 7. The van der Waals surface area contributed by atoms with E-state index >= 15 is 0 Å². The number of aromatic nitrogens is 1. The molecule has 1 aliphatic rings. The van der Waals surface area contributed by atoms with E-state index in [2.05, 4.69) is 36.0 Å². The highest BCUT2D eigenvalue weighted by atomic mass is 16.5. The first-order chi connectivity index (χ1) is 12.3. The number of hydrogen-bond donors (Lipinski definition) is 1. The fourth-order valence-corrected chi connectivity index (χ4v) is 3.01. The van der Waals surface area contributed by atoms with Crippen molar-refractivity contribution in [2.75, 3.05) is 44.4 Å². The summed E-state index contributed by atoms with van der Waals surface area (Å²) in [7, 11) is 0. The molecule has 0 bridgehead atoms. The van der Waals surface area contributed by atoms with Crippen molar-refractivity contribution in [3.05, 3.63) is 17.2 Å². The van der Waals surface area contributed by atoms with Crippen molar-refractivity contribution in [2.45, 2.75) is 47.5 Å². The minimum atomic E-state index is -0.110. The Balaban J connectivity index is 2.11. The van der Waals surface area contributed by atoms with Crippen LogP contribution in [0.4, 0.5) is 5.82 Å². The van der Waals surface area contributed by atoms with Gasteiger partial charge in [-0.2, -0.15) is 4.98 Å². The van der Waals surface area contributed by atoms with E-state index in [1.807, 2.05) is 19.9 Å². The van der Waals surface area contributed by atoms with Gasteiger partial charge < -0.3 is 19.7 Å². The molecule has 1 amide bonds. The molecule has 26 heavy (non-hydrogen) atoms. The molecular weight excluding hydrogens is 330 g/mol. The Hall–Kier alpha value is -1.82. The number of aryl methyl sites for hydroxylation is 1. The molecule has 0 atom stereocenters. The Labute approximate surface area is 157 Å². The minimum Gasteiger partial charge on any atom is -0.477 e. The van der Waals surface area contributed by atoms with Gasteiger partial charge in [0.05, 0.1) is 19.8 Å². The van der Waals surface area contributed by atoms with Crippen LogP contribution in [0.1, 0.15) is 56.5 Å². The van der Waals surface area contributed by atoms with Gasteiger partial charge in [0, 0.05) is 19.6 Å². The standard InChI is InChI=1S/C20H33N3O3/c1-6-26-19-17(18(24)21-9-7-8-20(3,4)5)15(2)14-16(22-19)23-10-12-25-13-11-23/h14H,6-13H2,1-5H3,(H,21,24). The first-order valence-electron chi connectivity index (χ1n) is 9.57. The average Bonchev–Trinajstić information content (AvgIpc) is 2.58. The molecule has 6 heteroatoms. The fraction of sp³-hybridized carbons (Fsp3) is 0.700. The summed E-state index contributed by atoms with van der Waals surface area (Å²) in [5.41, 5.74) is 1.70. The number of anilines is 1. The zero-order chi connectivity index (χ0) is 19.2. The van der Waals surface area contributed by atoms with Crippen LogP contribution in [0.2, 0.25) is 0 Å². The van der Waals surface area contributed by atoms with Crippen LogP contribution in [0.5, 0.6) is 5.88 Å². The minimum absolute atomic E-state index is 0.110. The lowest BCUT2D eigenvalue weighted by Gasteiger charge is -2.28. The molecule has 2 rings (SSSR count). The summed E-state index contributed by atoms with van der Waals surface area (Å²) in [5, 5.41) is 3.02. The molecular formula is C20H33N3O3. The maximum atomic E-state index is 12.7. The zero-order valence-corrected chi connectivity index (χ0v) is 16.9. The van der Waals surface area contributed by atoms with Gasteiger partial charge in [-0.15, -0.1) is 0 Å². The van der Waals surface area contributed by atoms with Gasteiger partial charge in [-0.05, 0) is 43.7 Å². The Morgan fingerprint density at radius 1 is 1.35 bits per heavy atom. The van der Waals surface area contributed by atoms with Crippen LogP contribution in [0.15, 0.2) is 6.07 Å². The van der Waals surface area contributed by atoms with Crippen LogP contribution in [-0.2, 0) is 4.74 Å². The molecule has 0 spiro atoms. The molecule has 2 heterocycles. The van der Waals surface area contributed by atoms with Gasteiger partial charge in [-0.25, -0.2) is 0 Å². The van der Waals surface area contributed by atoms with Crippen molar-refractivity contribution in [1.82, 2.24) is 10.3 Å². The number of ether oxygens (including phenoxy) is 2. The van der Waals surface area contributed by atoms with E-state index in [1.165, 1.54) is 0 Å². The van der Waals surface area contributed by atoms with E-state index in [1.54, 1.807) is 0 Å². The zero-order valence-electron chi connectivity index (χ0n) is 16.9. The van der Waals surface area contributed by atoms with E-state index in [0.29, 0.717) is 37.8 Å². The summed E-state index contributed by atoms with van der Waals surface area (Å²) in [6, 6.07) is 1.97. The van der Waals surface area contributed by atoms with Gasteiger partial charge >= 0.3 is 0 Å². The normalized spacial score (nSPS) is 15.0. The maximum Gasteiger partial charge on any atom is 0.257 e. The Kier molecular flexibility index (Phi) is 7.26. The molecule has 146 valence electrons. The molecule has 0 aliphatic carbocycles. The van der Waals surface area contributed by atoms with E-state index in [-0.39, 0.29) is 11.3 Å². The highest BCUT2D eigenvalue weighted by Gasteiger charge is 2.21. The van der Waals surface area contributed by atoms with Crippen LogP contribution in [0, 0.1) is 12.3 Å². The third-order valence-electron chi connectivity index (χ3n) is 4.40. The third kappa shape index (κ3) is 5.87. The van der Waals surface area contributed by atoms with Crippen LogP contribution >= 0.6 is 0 Å². The first-order valence-corrected chi connectivity index (χ1v) is 9.57. The van der Waals surface area contributed by atoms with Crippen molar-refractivity contribution < 1.29 is 14.3 Å². The number of carbonyl (C=O) groups is 1. The van der Waals surface area contributed by atoms with Crippen LogP contribution in [0.3, 0.4) is 0 Å². The number of nitrogens with one attached hydrogen (secondary N) is 1. The number of hydrogen-bond acceptors (Lipinski definition) is 5. The van der Waals surface area contributed by atoms with Gasteiger partial charge in [0.1, 0.15) is 11.4 Å². The van der Waals surface area contributed by atoms with Crippen LogP contribution in [-0.4, -0.2) is 50.3 Å². The summed E-state index contributed by atoms with van der Waals surface area (Å²) < 4.78 is 11.1. The molecule has 1 aromatic rings. The summed E-state index contributed by atoms with van der Waals surface area (Å²) >= 11 is 0. The highest BCUT2D eigenvalue weighted by Crippen LogP contribution is 2.26. The van der Waals surface area contributed by atoms with E-state index < -0.39 is 0 Å². The summed E-state index contributed by atoms with van der Waals surface area (Å²) in [6.45, 7) is 14.6. The van der Waals surface area contributed by atoms with Gasteiger partial charge in [-0.3, -0.25) is 4.79 Å². The van der Waals surface area contributed by atoms with Crippen molar-refractivity contribution in [2.24, 2.45) is 5.41 Å². The van der Waals surface area contributed by atoms with Crippen molar-refractivity contribution in [1.29, 1.82) is 0 Å². The maximum absolute atomic E-state index is 12.7. The summed E-state index contributed by atoms with van der Waals surface area (Å²) in [5.74, 6) is 1.15. The number of pyridine rings is 1. The lowest BCUT2D eigenvalue weighted by molar-refractivity contribution is 0.0946. The average molecular weight is 364 g/mol. The van der Waals surface area contributed by atoms with E-state index in [4.69, 9.17) is 9.47 Å². The lowest BCUT2D eigenvalue weighted by Crippen LogP contribution is -2.37. The molecule has 0 radical (unpaired) electrons. The molecule has 1 aliphatic heterocycles. The van der Waals surface area contributed by atoms with Gasteiger partial charge in [0.25, 0.3) is 5.91 Å². The summed E-state index contributed by atoms with van der Waals surface area (Å²) in [6.07, 6.45) is 2.02. The molecule has 0 unspecified atom stereocenters. The largest absolute Gasteiger partial charge is 0.477 e.